The molecule has 13 heteroatoms. The van der Waals surface area contributed by atoms with Crippen LogP contribution in [0.4, 0.5) is 11.4 Å². The number of carbonyl (C=O) groups is 1. The minimum atomic E-state index is -4.62. The molecule has 0 saturated heterocycles. The third-order valence-corrected chi connectivity index (χ3v) is 7.77. The lowest BCUT2D eigenvalue weighted by atomic mass is 9.89. The predicted octanol–water partition coefficient (Wildman–Crippen LogP) is 2.19. The Kier molecular flexibility index (Phi) is 7.79. The molecule has 194 valence electrons. The van der Waals surface area contributed by atoms with E-state index in [0.29, 0.717) is 23.5 Å². The number of hydrogen-bond acceptors (Lipinski definition) is 9. The van der Waals surface area contributed by atoms with Crippen LogP contribution in [0, 0.1) is 5.92 Å². The minimum Gasteiger partial charge on any atom is -0.401 e. The third kappa shape index (κ3) is 6.43. The van der Waals surface area contributed by atoms with Crippen molar-refractivity contribution in [1.29, 1.82) is 0 Å². The number of rotatable bonds is 9. The minimum absolute atomic E-state index is 0.0455. The number of nitrogen functional groups attached to an aromatic ring is 1. The van der Waals surface area contributed by atoms with Crippen molar-refractivity contribution < 1.29 is 30.7 Å². The van der Waals surface area contributed by atoms with Crippen molar-refractivity contribution in [2.75, 3.05) is 11.2 Å². The van der Waals surface area contributed by atoms with Crippen LogP contribution in [-0.4, -0.2) is 31.7 Å². The number of hydrazine groups is 1. The molecular formula is C23H28N4O7S2. The van der Waals surface area contributed by atoms with Crippen LogP contribution >= 0.6 is 0 Å². The number of ketones is 1. The monoisotopic (exact) mass is 536 g/mol. The summed E-state index contributed by atoms with van der Waals surface area (Å²) in [4.78, 5) is 11.1. The summed E-state index contributed by atoms with van der Waals surface area (Å²) in [5.41, 5.74) is 20.3. The molecule has 1 atom stereocenters. The van der Waals surface area contributed by atoms with Gasteiger partial charge in [0.15, 0.2) is 0 Å². The molecule has 0 aliphatic heterocycles. The molecule has 11 nitrogen and oxygen atoms in total. The largest absolute Gasteiger partial charge is 0.401 e. The van der Waals surface area contributed by atoms with E-state index in [-0.39, 0.29) is 45.2 Å². The van der Waals surface area contributed by atoms with Gasteiger partial charge in [0, 0.05) is 23.5 Å². The zero-order valence-corrected chi connectivity index (χ0v) is 21.3. The number of benzene rings is 2. The molecule has 0 bridgehead atoms. The summed E-state index contributed by atoms with van der Waals surface area (Å²) in [6.07, 6.45) is 2.14. The molecule has 3 rings (SSSR count). The van der Waals surface area contributed by atoms with Crippen LogP contribution in [0.5, 0.6) is 0 Å². The van der Waals surface area contributed by atoms with Crippen molar-refractivity contribution in [2.24, 2.45) is 11.7 Å². The lowest BCUT2D eigenvalue weighted by Crippen LogP contribution is -2.30. The van der Waals surface area contributed by atoms with Crippen molar-refractivity contribution in [3.63, 3.8) is 0 Å². The Bertz CT molecular complexity index is 1480. The predicted molar refractivity (Wildman–Crippen MR) is 135 cm³/mol. The summed E-state index contributed by atoms with van der Waals surface area (Å²) in [7, 11) is -9.17. The second-order valence-electron chi connectivity index (χ2n) is 8.56. The van der Waals surface area contributed by atoms with Crippen LogP contribution in [0.2, 0.25) is 0 Å². The number of nitrogens with two attached hydrogens (primary N) is 2. The summed E-state index contributed by atoms with van der Waals surface area (Å²) < 4.78 is 66.9. The highest BCUT2D eigenvalue weighted by Gasteiger charge is 2.24. The van der Waals surface area contributed by atoms with Gasteiger partial charge in [-0.1, -0.05) is 12.1 Å². The summed E-state index contributed by atoms with van der Waals surface area (Å²) in [5.74, 6) is -0.540. The van der Waals surface area contributed by atoms with Gasteiger partial charge in [-0.2, -0.15) is 16.8 Å². The van der Waals surface area contributed by atoms with Gasteiger partial charge < -0.3 is 22.3 Å². The molecule has 0 spiro atoms. The van der Waals surface area contributed by atoms with Gasteiger partial charge in [-0.05, 0) is 73.7 Å². The Balaban J connectivity index is 1.83. The second kappa shape index (κ2) is 10.3. The lowest BCUT2D eigenvalue weighted by Gasteiger charge is -2.25. The van der Waals surface area contributed by atoms with Crippen molar-refractivity contribution in [1.82, 2.24) is 5.43 Å². The highest BCUT2D eigenvalue weighted by molar-refractivity contribution is 7.86. The molecule has 0 aromatic heterocycles. The van der Waals surface area contributed by atoms with E-state index in [1.54, 1.807) is 12.1 Å². The summed E-state index contributed by atoms with van der Waals surface area (Å²) in [6, 6.07) is 8.31. The van der Waals surface area contributed by atoms with Crippen LogP contribution in [0.3, 0.4) is 0 Å². The molecule has 1 unspecified atom stereocenters. The van der Waals surface area contributed by atoms with Crippen molar-refractivity contribution in [3.8, 4) is 0 Å². The Labute approximate surface area is 209 Å². The van der Waals surface area contributed by atoms with Gasteiger partial charge in [-0.3, -0.25) is 13.9 Å². The second-order valence-corrected chi connectivity index (χ2v) is 11.3. The Morgan fingerprint density at radius 1 is 0.944 bits per heavy atom. The van der Waals surface area contributed by atoms with Gasteiger partial charge in [-0.25, -0.2) is 0 Å². The van der Waals surface area contributed by atoms with Gasteiger partial charge in [0.1, 0.15) is 5.78 Å². The summed E-state index contributed by atoms with van der Waals surface area (Å²) in [5, 5.41) is 0. The summed E-state index contributed by atoms with van der Waals surface area (Å²) >= 11 is 0. The molecule has 0 radical (unpaired) electrons. The number of nitrogens with one attached hydrogen (secondary N) is 2. The molecule has 8 N–H and O–H groups in total. The molecule has 1 aliphatic carbocycles. The average molecular weight is 537 g/mol. The number of allylic oxidation sites excluding steroid dienone is 4. The molecule has 1 aliphatic rings. The Morgan fingerprint density at radius 3 is 2.06 bits per heavy atom. The Morgan fingerprint density at radius 2 is 1.50 bits per heavy atom. The number of Topliss-reactive ketones (excluding diaryl/α,β-unsaturated/α-hetero) is 1. The highest BCUT2D eigenvalue weighted by Crippen LogP contribution is 2.28. The molecule has 2 aromatic carbocycles. The first-order valence-electron chi connectivity index (χ1n) is 10.8. The number of aryl methyl sites for hydroxylation is 2. The van der Waals surface area contributed by atoms with Crippen molar-refractivity contribution >= 4 is 37.4 Å². The van der Waals surface area contributed by atoms with Crippen molar-refractivity contribution in [2.45, 2.75) is 42.9 Å². The van der Waals surface area contributed by atoms with Crippen molar-refractivity contribution in [3.05, 3.63) is 70.6 Å². The van der Waals surface area contributed by atoms with E-state index in [0.717, 1.165) is 11.6 Å². The number of carbonyl (C=O) groups excluding carboxylic acids is 1. The van der Waals surface area contributed by atoms with Gasteiger partial charge in [0.25, 0.3) is 20.2 Å². The van der Waals surface area contributed by atoms with Gasteiger partial charge in [0.2, 0.25) is 0 Å². The molecule has 0 fully saturated rings. The SMILES string of the molecule is CC(=O)C1CC(NNc2ccc(CCc3ccc(N)cc3S(=O)(=O)O)c(S(=O)(=O)O)c2)=C(C)C=C1N. The maximum absolute atomic E-state index is 12.1. The van der Waals surface area contributed by atoms with Gasteiger partial charge >= 0.3 is 0 Å². The fourth-order valence-electron chi connectivity index (χ4n) is 3.96. The maximum atomic E-state index is 12.1. The smallest absolute Gasteiger partial charge is 0.294 e. The summed E-state index contributed by atoms with van der Waals surface area (Å²) in [6.45, 7) is 3.27. The fraction of sp³-hybridized carbons (Fsp3) is 0.261. The van der Waals surface area contributed by atoms with E-state index in [2.05, 4.69) is 10.9 Å². The molecule has 0 heterocycles. The van der Waals surface area contributed by atoms with Crippen LogP contribution in [0.1, 0.15) is 31.4 Å². The first-order chi connectivity index (χ1) is 16.7. The quantitative estimate of drug-likeness (QED) is 0.156. The first-order valence-corrected chi connectivity index (χ1v) is 13.7. The van der Waals surface area contributed by atoms with E-state index in [1.807, 2.05) is 6.92 Å². The topological polar surface area (TPSA) is 202 Å². The van der Waals surface area contributed by atoms with E-state index in [1.165, 1.54) is 31.2 Å². The zero-order chi connectivity index (χ0) is 26.8. The lowest BCUT2D eigenvalue weighted by molar-refractivity contribution is -0.119. The molecular weight excluding hydrogens is 508 g/mol. The first kappa shape index (κ1) is 27.2. The normalized spacial score (nSPS) is 16.4. The highest BCUT2D eigenvalue weighted by atomic mass is 32.2. The standard InChI is InChI=1S/C23H28N4O7S2/c1-13-9-20(25)19(14(2)28)12-21(13)27-26-18-8-6-16(23(11-18)36(32,33)34)4-3-15-5-7-17(24)10-22(15)35(29,30)31/h5-11,19,26-27H,3-4,12,24-25H2,1-2H3,(H,29,30,31)(H,32,33,34). The van der Waals surface area contributed by atoms with E-state index >= 15 is 0 Å². The van der Waals surface area contributed by atoms with E-state index in [9.17, 15) is 30.7 Å². The molecule has 0 amide bonds. The zero-order valence-electron chi connectivity index (χ0n) is 19.6. The van der Waals surface area contributed by atoms with Crippen LogP contribution < -0.4 is 22.3 Å². The van der Waals surface area contributed by atoms with Crippen LogP contribution in [0.15, 0.2) is 69.2 Å². The molecule has 2 aromatic rings. The van der Waals surface area contributed by atoms with E-state index in [4.69, 9.17) is 11.5 Å². The fourth-order valence-corrected chi connectivity index (χ4v) is 5.53. The number of anilines is 2. The van der Waals surface area contributed by atoms with E-state index < -0.39 is 26.2 Å². The van der Waals surface area contributed by atoms with Crippen LogP contribution in [0.25, 0.3) is 0 Å². The number of hydrogen-bond donors (Lipinski definition) is 6. The van der Waals surface area contributed by atoms with Gasteiger partial charge in [0.05, 0.1) is 21.4 Å². The third-order valence-electron chi connectivity index (χ3n) is 5.90. The average Bonchev–Trinajstić information content (AvgIpc) is 2.76. The Hall–Kier alpha value is -3.39. The molecule has 0 saturated carbocycles. The molecule has 36 heavy (non-hydrogen) atoms. The maximum Gasteiger partial charge on any atom is 0.294 e. The van der Waals surface area contributed by atoms with Gasteiger partial charge in [-0.15, -0.1) is 0 Å². The van der Waals surface area contributed by atoms with Crippen LogP contribution in [-0.2, 0) is 37.9 Å².